The lowest BCUT2D eigenvalue weighted by molar-refractivity contribution is -0.462. The lowest BCUT2D eigenvalue weighted by Crippen LogP contribution is -2.74. The lowest BCUT2D eigenvalue weighted by Gasteiger charge is -2.43. The Hall–Kier alpha value is -2.21. The van der Waals surface area contributed by atoms with Gasteiger partial charge in [-0.25, -0.2) is 0 Å². The van der Waals surface area contributed by atoms with E-state index in [2.05, 4.69) is 4.74 Å². The fourth-order valence-electron chi connectivity index (χ4n) is 3.49. The molecule has 1 atom stereocenters. The highest BCUT2D eigenvalue weighted by molar-refractivity contribution is 5.54. The summed E-state index contributed by atoms with van der Waals surface area (Å²) >= 11 is 0. The second kappa shape index (κ2) is 10.9. The zero-order valence-corrected chi connectivity index (χ0v) is 20.3. The summed E-state index contributed by atoms with van der Waals surface area (Å²) in [5.41, 5.74) is -0.447. The summed E-state index contributed by atoms with van der Waals surface area (Å²) in [6.45, 7) is 3.36. The molecule has 2 nitrogen and oxygen atoms in total. The number of anilines is 1. The van der Waals surface area contributed by atoms with Crippen molar-refractivity contribution < 1.29 is 79.4 Å². The Morgan fingerprint density at radius 3 is 1.35 bits per heavy atom. The number of para-hydroxylation sites is 1. The van der Waals surface area contributed by atoms with E-state index in [1.54, 1.807) is 0 Å². The number of methoxy groups -OCH3 is 1. The highest BCUT2D eigenvalue weighted by atomic mass is 19.4. The van der Waals surface area contributed by atoms with Crippen molar-refractivity contribution in [3.05, 3.63) is 29.8 Å². The van der Waals surface area contributed by atoms with Crippen LogP contribution in [0.2, 0.25) is 0 Å². The highest BCUT2D eigenvalue weighted by Gasteiger charge is 2.95. The molecule has 0 fully saturated rings. The molecule has 19 heteroatoms. The Morgan fingerprint density at radius 1 is 0.600 bits per heavy atom. The number of hydrogen-bond donors (Lipinski definition) is 0. The molecular formula is C21H20F17NO. The number of hydrogen-bond acceptors (Lipinski definition) is 2. The smallest absolute Gasteiger partial charge is 0.376 e. The Bertz CT molecular complexity index is 1000. The first-order valence-electron chi connectivity index (χ1n) is 10.8. The van der Waals surface area contributed by atoms with Gasteiger partial charge in [0, 0.05) is 37.9 Å². The fraction of sp³-hybridized carbons (Fsp3) is 0.714. The first-order valence-corrected chi connectivity index (χ1v) is 10.8. The van der Waals surface area contributed by atoms with Crippen LogP contribution in [-0.2, 0) is 4.74 Å². The summed E-state index contributed by atoms with van der Waals surface area (Å²) < 4.78 is 235. The highest BCUT2D eigenvalue weighted by Crippen LogP contribution is 2.64. The van der Waals surface area contributed by atoms with E-state index in [1.165, 1.54) is 30.9 Å². The maximum atomic E-state index is 14.5. The molecule has 1 unspecified atom stereocenters. The van der Waals surface area contributed by atoms with E-state index >= 15 is 0 Å². The summed E-state index contributed by atoms with van der Waals surface area (Å²) in [4.78, 5) is 1.41. The van der Waals surface area contributed by atoms with Crippen LogP contribution in [0.15, 0.2) is 24.3 Å². The number of nitrogens with zero attached hydrogens (tertiary/aromatic N) is 1. The van der Waals surface area contributed by atoms with Gasteiger partial charge in [-0.2, -0.15) is 74.6 Å². The van der Waals surface area contributed by atoms with Gasteiger partial charge >= 0.3 is 47.6 Å². The quantitative estimate of drug-likeness (QED) is 0.204. The van der Waals surface area contributed by atoms with Crippen LogP contribution in [0.25, 0.3) is 0 Å². The maximum absolute atomic E-state index is 14.5. The van der Waals surface area contributed by atoms with Crippen molar-refractivity contribution in [2.45, 2.75) is 74.0 Å². The number of halogens is 17. The molecule has 0 aliphatic carbocycles. The Morgan fingerprint density at radius 2 is 0.975 bits per heavy atom. The average molecular weight is 625 g/mol. The van der Waals surface area contributed by atoms with Gasteiger partial charge in [-0.1, -0.05) is 18.2 Å². The predicted octanol–water partition coefficient (Wildman–Crippen LogP) is 8.62. The van der Waals surface area contributed by atoms with Crippen molar-refractivity contribution in [1.82, 2.24) is 0 Å². The molecule has 1 rings (SSSR count). The zero-order chi connectivity index (χ0) is 32.0. The molecule has 234 valence electrons. The third kappa shape index (κ3) is 5.26. The number of alkyl halides is 17. The van der Waals surface area contributed by atoms with Gasteiger partial charge in [-0.3, -0.25) is 0 Å². The number of ether oxygens (including phenoxy) is 1. The van der Waals surface area contributed by atoms with Crippen molar-refractivity contribution in [3.8, 4) is 0 Å². The second-order valence-electron chi connectivity index (χ2n) is 8.31. The summed E-state index contributed by atoms with van der Waals surface area (Å²) in [7, 11) is 0.568. The largest absolute Gasteiger partial charge is 0.460 e. The molecular weight excluding hydrogens is 605 g/mol. The third-order valence-corrected chi connectivity index (χ3v) is 5.90. The summed E-state index contributed by atoms with van der Waals surface area (Å²) in [6, 6.07) is 4.61. The van der Waals surface area contributed by atoms with Crippen molar-refractivity contribution >= 4 is 5.69 Å². The molecule has 1 aromatic rings. The van der Waals surface area contributed by atoms with Crippen molar-refractivity contribution in [2.75, 3.05) is 25.1 Å². The molecule has 0 saturated carbocycles. The summed E-state index contributed by atoms with van der Waals surface area (Å²) in [5.74, 6) is -56.6. The first kappa shape index (κ1) is 35.8. The molecule has 40 heavy (non-hydrogen) atoms. The van der Waals surface area contributed by atoms with Crippen LogP contribution in [-0.4, -0.2) is 67.8 Å². The predicted molar refractivity (Wildman–Crippen MR) is 105 cm³/mol. The molecule has 0 radical (unpaired) electrons. The standard InChI is InChI=1S/C21H20F17NO/c1-4-39(5-2)12-9-7-6-8-11(12)13(40-3)10-14(22,23)15(24,25)16(26,27)17(28,29)18(30,31)19(32,33)20(34,35)21(36,37)38/h6-9,13H,4-5,10H2,1-3H3. The number of benzene rings is 1. The number of rotatable bonds is 13. The minimum absolute atomic E-state index is 0.0175. The van der Waals surface area contributed by atoms with Gasteiger partial charge in [0.25, 0.3) is 0 Å². The molecule has 0 amide bonds. The van der Waals surface area contributed by atoms with E-state index in [9.17, 15) is 74.6 Å². The third-order valence-electron chi connectivity index (χ3n) is 5.90. The van der Waals surface area contributed by atoms with E-state index in [0.717, 1.165) is 12.1 Å². The molecule has 0 bridgehead atoms. The topological polar surface area (TPSA) is 12.5 Å². The molecule has 0 spiro atoms. The average Bonchev–Trinajstić information content (AvgIpc) is 2.82. The Balaban J connectivity index is 3.65. The molecule has 0 heterocycles. The van der Waals surface area contributed by atoms with Gasteiger partial charge in [0.15, 0.2) is 0 Å². The summed E-state index contributed by atoms with van der Waals surface area (Å²) in [6.07, 6.45) is -12.9. The van der Waals surface area contributed by atoms with Crippen LogP contribution in [0.3, 0.4) is 0 Å². The van der Waals surface area contributed by atoms with E-state index < -0.39 is 65.7 Å². The molecule has 0 aliphatic rings. The monoisotopic (exact) mass is 625 g/mol. The SMILES string of the molecule is CCN(CC)c1ccccc1C(CC(F)(F)C(F)(F)C(F)(F)C(F)(F)C(F)(F)C(F)(F)C(F)(F)C(F)(F)F)OC. The van der Waals surface area contributed by atoms with Gasteiger partial charge in [0.1, 0.15) is 0 Å². The first-order chi connectivity index (χ1) is 17.7. The summed E-state index contributed by atoms with van der Waals surface area (Å²) in [5, 5.41) is 0. The maximum Gasteiger partial charge on any atom is 0.460 e. The molecule has 1 aromatic carbocycles. The van der Waals surface area contributed by atoms with Crippen LogP contribution in [0.1, 0.15) is 31.9 Å². The van der Waals surface area contributed by atoms with Gasteiger partial charge in [-0.05, 0) is 19.9 Å². The van der Waals surface area contributed by atoms with Gasteiger partial charge < -0.3 is 9.64 Å². The van der Waals surface area contributed by atoms with Crippen molar-refractivity contribution in [2.24, 2.45) is 0 Å². The van der Waals surface area contributed by atoms with Crippen LogP contribution >= 0.6 is 0 Å². The fourth-order valence-corrected chi connectivity index (χ4v) is 3.49. The molecule has 0 aromatic heterocycles. The van der Waals surface area contributed by atoms with Gasteiger partial charge in [0.05, 0.1) is 6.10 Å². The van der Waals surface area contributed by atoms with Crippen molar-refractivity contribution in [3.63, 3.8) is 0 Å². The zero-order valence-electron chi connectivity index (χ0n) is 20.3. The molecule has 0 saturated heterocycles. The van der Waals surface area contributed by atoms with E-state index in [4.69, 9.17) is 0 Å². The van der Waals surface area contributed by atoms with Gasteiger partial charge in [-0.15, -0.1) is 0 Å². The molecule has 0 N–H and O–H groups in total. The molecule has 0 aliphatic heterocycles. The normalized spacial score (nSPS) is 15.8. The van der Waals surface area contributed by atoms with E-state index in [-0.39, 0.29) is 18.8 Å². The Labute approximate surface area is 215 Å². The van der Waals surface area contributed by atoms with Crippen LogP contribution in [0.5, 0.6) is 0 Å². The minimum atomic E-state index is -8.65. The lowest BCUT2D eigenvalue weighted by atomic mass is 9.87. The minimum Gasteiger partial charge on any atom is -0.376 e. The van der Waals surface area contributed by atoms with Crippen LogP contribution < -0.4 is 4.90 Å². The Kier molecular flexibility index (Phi) is 9.75. The second-order valence-corrected chi connectivity index (χ2v) is 8.31. The van der Waals surface area contributed by atoms with E-state index in [1.807, 2.05) is 0 Å². The van der Waals surface area contributed by atoms with E-state index in [0.29, 0.717) is 7.11 Å². The van der Waals surface area contributed by atoms with Crippen molar-refractivity contribution in [1.29, 1.82) is 0 Å². The van der Waals surface area contributed by atoms with Crippen LogP contribution in [0.4, 0.5) is 80.3 Å². The van der Waals surface area contributed by atoms with Crippen LogP contribution in [0, 0.1) is 0 Å². The van der Waals surface area contributed by atoms with Gasteiger partial charge in [0.2, 0.25) is 0 Å².